The molecule has 2 nitrogen and oxygen atoms in total. The van der Waals surface area contributed by atoms with E-state index in [9.17, 15) is 4.79 Å². The lowest BCUT2D eigenvalue weighted by atomic mass is 9.80. The SMILES string of the molecule is COC(=O)c1ccc2c(c1)-c1ccccc1-2. The molecule has 0 aromatic heterocycles. The van der Waals surface area contributed by atoms with E-state index >= 15 is 0 Å². The summed E-state index contributed by atoms with van der Waals surface area (Å²) in [4.78, 5) is 11.4. The molecule has 2 heteroatoms. The van der Waals surface area contributed by atoms with Crippen LogP contribution in [0.4, 0.5) is 0 Å². The molecule has 0 saturated heterocycles. The molecule has 2 aromatic rings. The Labute approximate surface area is 93.5 Å². The molecule has 0 bridgehead atoms. The van der Waals surface area contributed by atoms with Crippen molar-refractivity contribution < 1.29 is 9.53 Å². The number of rotatable bonds is 1. The van der Waals surface area contributed by atoms with Crippen molar-refractivity contribution in [2.45, 2.75) is 0 Å². The van der Waals surface area contributed by atoms with Gasteiger partial charge in [0, 0.05) is 0 Å². The van der Waals surface area contributed by atoms with Crippen molar-refractivity contribution in [3.63, 3.8) is 0 Å². The zero-order chi connectivity index (χ0) is 11.1. The van der Waals surface area contributed by atoms with Crippen molar-refractivity contribution >= 4 is 5.97 Å². The molecule has 0 radical (unpaired) electrons. The van der Waals surface area contributed by atoms with Gasteiger partial charge >= 0.3 is 5.97 Å². The molecule has 0 amide bonds. The van der Waals surface area contributed by atoms with Gasteiger partial charge in [-0.3, -0.25) is 0 Å². The summed E-state index contributed by atoms with van der Waals surface area (Å²) in [6.45, 7) is 0. The van der Waals surface area contributed by atoms with Gasteiger partial charge in [-0.1, -0.05) is 30.3 Å². The first-order valence-corrected chi connectivity index (χ1v) is 5.13. The Hall–Kier alpha value is -2.09. The lowest BCUT2D eigenvalue weighted by Gasteiger charge is -2.23. The van der Waals surface area contributed by atoms with E-state index in [1.165, 1.54) is 23.8 Å². The minimum absolute atomic E-state index is 0.285. The van der Waals surface area contributed by atoms with E-state index in [4.69, 9.17) is 4.74 Å². The number of hydrogen-bond acceptors (Lipinski definition) is 2. The fourth-order valence-corrected chi connectivity index (χ4v) is 2.14. The predicted octanol–water partition coefficient (Wildman–Crippen LogP) is 3.12. The van der Waals surface area contributed by atoms with Crippen LogP contribution in [0.5, 0.6) is 0 Å². The molecular weight excluding hydrogens is 200 g/mol. The second kappa shape index (κ2) is 3.20. The normalized spacial score (nSPS) is 11.1. The van der Waals surface area contributed by atoms with Crippen molar-refractivity contribution in [2.75, 3.05) is 7.11 Å². The third-order valence-electron chi connectivity index (χ3n) is 2.95. The minimum atomic E-state index is -0.285. The summed E-state index contributed by atoms with van der Waals surface area (Å²) in [5, 5.41) is 0. The van der Waals surface area contributed by atoms with Gasteiger partial charge in [0.2, 0.25) is 0 Å². The van der Waals surface area contributed by atoms with Gasteiger partial charge in [0.25, 0.3) is 0 Å². The topological polar surface area (TPSA) is 26.3 Å². The van der Waals surface area contributed by atoms with E-state index < -0.39 is 0 Å². The molecular formula is C14H10O2. The average Bonchev–Trinajstić information content (AvgIpc) is 2.34. The van der Waals surface area contributed by atoms with E-state index in [0.717, 1.165) is 5.56 Å². The summed E-state index contributed by atoms with van der Waals surface area (Å²) in [6.07, 6.45) is 0. The molecule has 0 aliphatic heterocycles. The third kappa shape index (κ3) is 1.10. The molecule has 0 unspecified atom stereocenters. The van der Waals surface area contributed by atoms with Crippen LogP contribution in [0.15, 0.2) is 42.5 Å². The number of methoxy groups -OCH3 is 1. The van der Waals surface area contributed by atoms with E-state index in [1.54, 1.807) is 6.07 Å². The van der Waals surface area contributed by atoms with Gasteiger partial charge in [0.1, 0.15) is 0 Å². The second-order valence-electron chi connectivity index (χ2n) is 3.80. The van der Waals surface area contributed by atoms with E-state index in [2.05, 4.69) is 12.1 Å². The van der Waals surface area contributed by atoms with Crippen molar-refractivity contribution in [3.8, 4) is 22.3 Å². The van der Waals surface area contributed by atoms with Crippen molar-refractivity contribution in [3.05, 3.63) is 48.0 Å². The van der Waals surface area contributed by atoms with Gasteiger partial charge in [-0.15, -0.1) is 0 Å². The van der Waals surface area contributed by atoms with Crippen LogP contribution in [-0.2, 0) is 4.74 Å². The molecule has 1 aliphatic rings. The predicted molar refractivity (Wildman–Crippen MR) is 62.2 cm³/mol. The monoisotopic (exact) mass is 210 g/mol. The Morgan fingerprint density at radius 2 is 1.56 bits per heavy atom. The number of esters is 1. The summed E-state index contributed by atoms with van der Waals surface area (Å²) in [5.41, 5.74) is 5.43. The molecule has 0 spiro atoms. The first-order chi connectivity index (χ1) is 7.81. The molecule has 16 heavy (non-hydrogen) atoms. The maximum absolute atomic E-state index is 11.4. The zero-order valence-electron chi connectivity index (χ0n) is 8.86. The Morgan fingerprint density at radius 1 is 0.938 bits per heavy atom. The van der Waals surface area contributed by atoms with Crippen molar-refractivity contribution in [1.29, 1.82) is 0 Å². The molecule has 3 rings (SSSR count). The summed E-state index contributed by atoms with van der Waals surface area (Å²) < 4.78 is 4.70. The molecule has 0 heterocycles. The smallest absolute Gasteiger partial charge is 0.337 e. The van der Waals surface area contributed by atoms with Gasteiger partial charge in [-0.05, 0) is 34.4 Å². The largest absolute Gasteiger partial charge is 0.465 e. The Bertz CT molecular complexity index is 585. The quantitative estimate of drug-likeness (QED) is 0.577. The molecule has 0 atom stereocenters. The fourth-order valence-electron chi connectivity index (χ4n) is 2.14. The standard InChI is InChI=1S/C14H10O2/c1-16-14(15)9-6-7-12-10-4-2-3-5-11(10)13(12)8-9/h2-8H,1H3. The van der Waals surface area contributed by atoms with E-state index in [-0.39, 0.29) is 5.97 Å². The Morgan fingerprint density at radius 3 is 2.25 bits per heavy atom. The van der Waals surface area contributed by atoms with E-state index in [1.807, 2.05) is 24.3 Å². The highest BCUT2D eigenvalue weighted by molar-refractivity contribution is 6.04. The number of hydrogen-bond donors (Lipinski definition) is 0. The van der Waals surface area contributed by atoms with Gasteiger partial charge < -0.3 is 4.74 Å². The van der Waals surface area contributed by atoms with Crippen LogP contribution >= 0.6 is 0 Å². The summed E-state index contributed by atoms with van der Waals surface area (Å²) in [7, 11) is 1.40. The first-order valence-electron chi connectivity index (χ1n) is 5.13. The Kier molecular flexibility index (Phi) is 1.83. The highest BCUT2D eigenvalue weighted by Gasteiger charge is 2.22. The molecule has 1 aliphatic carbocycles. The van der Waals surface area contributed by atoms with Crippen LogP contribution in [0.3, 0.4) is 0 Å². The second-order valence-corrected chi connectivity index (χ2v) is 3.80. The van der Waals surface area contributed by atoms with Crippen LogP contribution in [0.2, 0.25) is 0 Å². The van der Waals surface area contributed by atoms with Crippen LogP contribution < -0.4 is 0 Å². The van der Waals surface area contributed by atoms with Crippen molar-refractivity contribution in [1.82, 2.24) is 0 Å². The maximum atomic E-state index is 11.4. The van der Waals surface area contributed by atoms with E-state index in [0.29, 0.717) is 5.56 Å². The van der Waals surface area contributed by atoms with Gasteiger partial charge in [0.05, 0.1) is 12.7 Å². The first kappa shape index (κ1) is 9.16. The van der Waals surface area contributed by atoms with Gasteiger partial charge in [-0.2, -0.15) is 0 Å². The van der Waals surface area contributed by atoms with Gasteiger partial charge in [-0.25, -0.2) is 4.79 Å². The van der Waals surface area contributed by atoms with Crippen molar-refractivity contribution in [2.24, 2.45) is 0 Å². The number of benzene rings is 2. The van der Waals surface area contributed by atoms with Crippen LogP contribution in [-0.4, -0.2) is 13.1 Å². The van der Waals surface area contributed by atoms with Gasteiger partial charge in [0.15, 0.2) is 0 Å². The minimum Gasteiger partial charge on any atom is -0.465 e. The van der Waals surface area contributed by atoms with Crippen LogP contribution in [0, 0.1) is 0 Å². The average molecular weight is 210 g/mol. The molecule has 0 saturated carbocycles. The number of carbonyl (C=O) groups is 1. The zero-order valence-corrected chi connectivity index (χ0v) is 8.86. The number of fused-ring (bicyclic) bond motifs is 4. The third-order valence-corrected chi connectivity index (χ3v) is 2.95. The highest BCUT2D eigenvalue weighted by atomic mass is 16.5. The summed E-state index contributed by atoms with van der Waals surface area (Å²) in [5.74, 6) is -0.285. The number of ether oxygens (including phenoxy) is 1. The Balaban J connectivity index is 2.10. The summed E-state index contributed by atoms with van der Waals surface area (Å²) >= 11 is 0. The number of carbonyl (C=O) groups excluding carboxylic acids is 1. The molecule has 78 valence electrons. The summed E-state index contributed by atoms with van der Waals surface area (Å²) in [6, 6.07) is 13.9. The van der Waals surface area contributed by atoms with Crippen LogP contribution in [0.25, 0.3) is 22.3 Å². The molecule has 0 fully saturated rings. The lowest BCUT2D eigenvalue weighted by Crippen LogP contribution is -2.05. The maximum Gasteiger partial charge on any atom is 0.337 e. The molecule has 0 N–H and O–H groups in total. The van der Waals surface area contributed by atoms with Crippen LogP contribution in [0.1, 0.15) is 10.4 Å². The molecule has 2 aromatic carbocycles. The highest BCUT2D eigenvalue weighted by Crippen LogP contribution is 2.46. The lowest BCUT2D eigenvalue weighted by molar-refractivity contribution is 0.0601. The fraction of sp³-hybridized carbons (Fsp3) is 0.0714.